The minimum absolute atomic E-state index is 0.00711. The fraction of sp³-hybridized carbons (Fsp3) is 0.316. The van der Waals surface area contributed by atoms with Gasteiger partial charge >= 0.3 is 0 Å². The van der Waals surface area contributed by atoms with E-state index in [1.54, 1.807) is 6.92 Å². The number of rotatable bonds is 11. The number of anilines is 1. The number of sulfonamides is 1. The zero-order chi connectivity index (χ0) is 24.6. The van der Waals surface area contributed by atoms with E-state index >= 15 is 0 Å². The second kappa shape index (κ2) is 11.1. The fourth-order valence-electron chi connectivity index (χ4n) is 2.78. The van der Waals surface area contributed by atoms with Crippen molar-refractivity contribution in [1.82, 2.24) is 10.3 Å². The molecule has 0 aliphatic rings. The van der Waals surface area contributed by atoms with Gasteiger partial charge in [-0.1, -0.05) is 0 Å². The number of carbonyl (C=O) groups is 1. The topological polar surface area (TPSA) is 200 Å². The van der Waals surface area contributed by atoms with E-state index in [0.717, 1.165) is 0 Å². The molecule has 1 amide bonds. The van der Waals surface area contributed by atoms with Gasteiger partial charge in [0.05, 0.1) is 27.2 Å². The number of oxime groups is 1. The number of aryl methyl sites for hydroxylation is 1. The molecular formula is C19H26N6O7S. The SMILES string of the molecule is COc1ccc(OC)c(S(=O)(=O)Nc2c(CC(=O)NCCON=C(N)N)cc(C)[nH]c2=O)c1. The molecule has 1 heterocycles. The first-order chi connectivity index (χ1) is 15.6. The predicted octanol–water partition coefficient (Wildman–Crippen LogP) is -0.635. The van der Waals surface area contributed by atoms with Crippen LogP contribution in [0.5, 0.6) is 11.5 Å². The van der Waals surface area contributed by atoms with E-state index in [0.29, 0.717) is 5.69 Å². The van der Waals surface area contributed by atoms with Crippen molar-refractivity contribution < 1.29 is 27.5 Å². The summed E-state index contributed by atoms with van der Waals surface area (Å²) in [5.74, 6) is -0.416. The molecule has 0 saturated heterocycles. The summed E-state index contributed by atoms with van der Waals surface area (Å²) in [6.07, 6.45) is -0.278. The summed E-state index contributed by atoms with van der Waals surface area (Å²) in [5, 5.41) is 5.88. The average molecular weight is 483 g/mol. The van der Waals surface area contributed by atoms with Crippen molar-refractivity contribution in [3.05, 3.63) is 45.9 Å². The van der Waals surface area contributed by atoms with Crippen LogP contribution in [-0.4, -0.2) is 52.6 Å². The largest absolute Gasteiger partial charge is 0.497 e. The number of pyridine rings is 1. The van der Waals surface area contributed by atoms with E-state index in [2.05, 4.69) is 20.2 Å². The lowest BCUT2D eigenvalue weighted by atomic mass is 10.1. The van der Waals surface area contributed by atoms with E-state index in [1.165, 1.54) is 38.5 Å². The predicted molar refractivity (Wildman–Crippen MR) is 121 cm³/mol. The Bertz CT molecular complexity index is 1190. The summed E-state index contributed by atoms with van der Waals surface area (Å²) >= 11 is 0. The Labute approximate surface area is 190 Å². The minimum Gasteiger partial charge on any atom is -0.497 e. The summed E-state index contributed by atoms with van der Waals surface area (Å²) in [6, 6.07) is 5.71. The first-order valence-corrected chi connectivity index (χ1v) is 11.0. The second-order valence-electron chi connectivity index (χ2n) is 6.68. The molecule has 1 aromatic carbocycles. The van der Waals surface area contributed by atoms with Gasteiger partial charge in [-0.15, -0.1) is 0 Å². The van der Waals surface area contributed by atoms with Gasteiger partial charge in [0.1, 0.15) is 28.7 Å². The average Bonchev–Trinajstić information content (AvgIpc) is 2.75. The summed E-state index contributed by atoms with van der Waals surface area (Å²) in [7, 11) is -1.58. The first kappa shape index (κ1) is 25.3. The number of hydrogen-bond acceptors (Lipinski definition) is 8. The van der Waals surface area contributed by atoms with Crippen LogP contribution < -0.4 is 36.5 Å². The number of amides is 1. The van der Waals surface area contributed by atoms with Gasteiger partial charge in [-0.3, -0.25) is 14.3 Å². The molecule has 0 bridgehead atoms. The number of carbonyl (C=O) groups excluding carboxylic acids is 1. The Morgan fingerprint density at radius 2 is 1.91 bits per heavy atom. The number of H-pyrrole nitrogens is 1. The summed E-state index contributed by atoms with van der Waals surface area (Å²) < 4.78 is 38.6. The van der Waals surface area contributed by atoms with Crippen molar-refractivity contribution in [1.29, 1.82) is 0 Å². The number of aromatic amines is 1. The van der Waals surface area contributed by atoms with Crippen molar-refractivity contribution in [2.45, 2.75) is 18.2 Å². The third-order valence-electron chi connectivity index (χ3n) is 4.18. The van der Waals surface area contributed by atoms with Crippen molar-refractivity contribution in [3.63, 3.8) is 0 Å². The molecule has 0 spiro atoms. The summed E-state index contributed by atoms with van der Waals surface area (Å²) in [4.78, 5) is 31.9. The molecule has 0 radical (unpaired) electrons. The lowest BCUT2D eigenvalue weighted by Gasteiger charge is -2.15. The van der Waals surface area contributed by atoms with Crippen LogP contribution in [0.15, 0.2) is 39.1 Å². The van der Waals surface area contributed by atoms with Crippen LogP contribution in [-0.2, 0) is 26.1 Å². The monoisotopic (exact) mass is 482 g/mol. The van der Waals surface area contributed by atoms with E-state index in [4.69, 9.17) is 25.8 Å². The summed E-state index contributed by atoms with van der Waals surface area (Å²) in [5.41, 5.74) is 9.85. The molecule has 13 nitrogen and oxygen atoms in total. The molecule has 2 aromatic rings. The highest BCUT2D eigenvalue weighted by atomic mass is 32.2. The number of nitrogens with two attached hydrogens (primary N) is 2. The van der Waals surface area contributed by atoms with Gasteiger partial charge in [0.2, 0.25) is 11.9 Å². The molecule has 0 unspecified atom stereocenters. The van der Waals surface area contributed by atoms with Crippen LogP contribution >= 0.6 is 0 Å². The van der Waals surface area contributed by atoms with Crippen LogP contribution in [0.4, 0.5) is 5.69 Å². The van der Waals surface area contributed by atoms with Gasteiger partial charge in [0.25, 0.3) is 15.6 Å². The van der Waals surface area contributed by atoms with Crippen LogP contribution in [0.2, 0.25) is 0 Å². The van der Waals surface area contributed by atoms with Crippen molar-refractivity contribution in [2.24, 2.45) is 16.6 Å². The first-order valence-electron chi connectivity index (χ1n) is 9.52. The lowest BCUT2D eigenvalue weighted by molar-refractivity contribution is -0.120. The van der Waals surface area contributed by atoms with Crippen LogP contribution in [0.25, 0.3) is 0 Å². The Kier molecular flexibility index (Phi) is 8.50. The second-order valence-corrected chi connectivity index (χ2v) is 8.33. The number of methoxy groups -OCH3 is 2. The number of aromatic nitrogens is 1. The van der Waals surface area contributed by atoms with Crippen molar-refractivity contribution in [3.8, 4) is 11.5 Å². The standard InChI is InChI=1S/C19H26N6O7S/c1-11-8-12(9-16(26)22-6-7-32-24-19(20)21)17(18(27)23-11)25-33(28,29)15-10-13(30-2)4-5-14(15)31-3/h4-5,8,10,25H,6-7,9H2,1-3H3,(H,22,26)(H,23,27)(H4,20,21,24). The van der Waals surface area contributed by atoms with E-state index in [-0.39, 0.29) is 53.2 Å². The number of nitrogens with one attached hydrogen (secondary N) is 3. The third kappa shape index (κ3) is 7.03. The Balaban J connectivity index is 2.28. The molecule has 0 fully saturated rings. The molecule has 0 atom stereocenters. The number of guanidine groups is 1. The normalized spacial score (nSPS) is 10.8. The highest BCUT2D eigenvalue weighted by molar-refractivity contribution is 7.92. The number of ether oxygens (including phenoxy) is 2. The Morgan fingerprint density at radius 1 is 1.18 bits per heavy atom. The summed E-state index contributed by atoms with van der Waals surface area (Å²) in [6.45, 7) is 1.70. The Morgan fingerprint density at radius 3 is 2.55 bits per heavy atom. The minimum atomic E-state index is -4.28. The van der Waals surface area contributed by atoms with Gasteiger partial charge in [-0.2, -0.15) is 0 Å². The molecule has 14 heteroatoms. The van der Waals surface area contributed by atoms with Gasteiger partial charge in [0, 0.05) is 11.8 Å². The molecule has 1 aromatic heterocycles. The number of benzene rings is 1. The molecule has 0 aliphatic heterocycles. The highest BCUT2D eigenvalue weighted by Crippen LogP contribution is 2.29. The lowest BCUT2D eigenvalue weighted by Crippen LogP contribution is -2.30. The quantitative estimate of drug-likeness (QED) is 0.120. The molecule has 0 saturated carbocycles. The van der Waals surface area contributed by atoms with E-state index in [1.807, 2.05) is 0 Å². The van der Waals surface area contributed by atoms with E-state index < -0.39 is 21.5 Å². The number of nitrogens with zero attached hydrogens (tertiary/aromatic N) is 1. The van der Waals surface area contributed by atoms with Crippen LogP contribution in [0, 0.1) is 6.92 Å². The molecule has 7 N–H and O–H groups in total. The highest BCUT2D eigenvalue weighted by Gasteiger charge is 2.24. The van der Waals surface area contributed by atoms with Gasteiger partial charge in [0.15, 0.2) is 0 Å². The maximum atomic E-state index is 13.1. The zero-order valence-electron chi connectivity index (χ0n) is 18.3. The van der Waals surface area contributed by atoms with E-state index in [9.17, 15) is 18.0 Å². The third-order valence-corrected chi connectivity index (χ3v) is 5.55. The molecule has 0 aliphatic carbocycles. The fourth-order valence-corrected chi connectivity index (χ4v) is 4.07. The Hall–Kier alpha value is -3.94. The zero-order valence-corrected chi connectivity index (χ0v) is 19.1. The molecule has 180 valence electrons. The van der Waals surface area contributed by atoms with Crippen molar-refractivity contribution >= 4 is 27.6 Å². The van der Waals surface area contributed by atoms with Gasteiger partial charge in [-0.05, 0) is 35.8 Å². The molecule has 33 heavy (non-hydrogen) atoms. The molecule has 2 rings (SSSR count). The van der Waals surface area contributed by atoms with Crippen molar-refractivity contribution in [2.75, 3.05) is 32.1 Å². The smallest absolute Gasteiger partial charge is 0.272 e. The van der Waals surface area contributed by atoms with Crippen LogP contribution in [0.1, 0.15) is 11.3 Å². The number of hydrogen-bond donors (Lipinski definition) is 5. The maximum absolute atomic E-state index is 13.1. The maximum Gasteiger partial charge on any atom is 0.272 e. The van der Waals surface area contributed by atoms with Gasteiger partial charge in [-0.25, -0.2) is 8.42 Å². The van der Waals surface area contributed by atoms with Crippen LogP contribution in [0.3, 0.4) is 0 Å². The molecular weight excluding hydrogens is 456 g/mol. The van der Waals surface area contributed by atoms with Gasteiger partial charge < -0.3 is 36.1 Å².